The van der Waals surface area contributed by atoms with Crippen LogP contribution in [0.15, 0.2) is 168 Å². The molecule has 0 saturated carbocycles. The molecule has 0 amide bonds. The number of benzene rings is 8. The molecule has 4 saturated heterocycles. The van der Waals surface area contributed by atoms with E-state index in [2.05, 4.69) is 0 Å². The van der Waals surface area contributed by atoms with Crippen molar-refractivity contribution in [2.75, 3.05) is 41.7 Å². The SMILES string of the molecule is COc1ccc([C@@H]2O[C@H](c3ccc(O)c(C)c3)[C@@]3(CO3)[C@@]23CCC2=C(C3)[C@@H](c3ccc(O)c(OC)c3)O[C@H]2c2ccc(O)c(C)c2)cc1O.COc1ccc([C@@H]2O[C@H](c3ccc(O)c(C)c3)[C@@]3(CO3)[C@]23CCC2=C(C3)[C@@H](c3ccc(O)c(OC)c3)O[C@H]2c2ccc(O)c(C)c2)cc1O. The highest BCUT2D eigenvalue weighted by Gasteiger charge is 2.77. The summed E-state index contributed by atoms with van der Waals surface area (Å²) in [6.45, 7) is 8.50. The smallest absolute Gasteiger partial charge is 0.160 e. The number of rotatable bonds is 12. The van der Waals surface area contributed by atoms with Gasteiger partial charge in [0.15, 0.2) is 46.0 Å². The molecule has 16 rings (SSSR count). The molecule has 12 atom stereocenters. The number of fused-ring (bicyclic) bond motifs is 2. The summed E-state index contributed by atoms with van der Waals surface area (Å²) in [5, 5.41) is 84.1. The maximum Gasteiger partial charge on any atom is 0.160 e. The highest BCUT2D eigenvalue weighted by molar-refractivity contribution is 5.55. The number of aryl methyl sites for hydroxylation is 4. The van der Waals surface area contributed by atoms with E-state index in [1.165, 1.54) is 39.6 Å². The first-order valence-corrected chi connectivity index (χ1v) is 33.2. The van der Waals surface area contributed by atoms with Gasteiger partial charge in [-0.25, -0.2) is 0 Å². The van der Waals surface area contributed by atoms with Crippen molar-refractivity contribution in [3.8, 4) is 69.0 Å². The first-order chi connectivity index (χ1) is 47.2. The van der Waals surface area contributed by atoms with Crippen molar-refractivity contribution in [2.24, 2.45) is 10.8 Å². The number of methoxy groups -OCH3 is 4. The molecule has 6 heterocycles. The number of hydrogen-bond acceptors (Lipinski definition) is 18. The maximum atomic E-state index is 10.9. The van der Waals surface area contributed by atoms with Gasteiger partial charge in [-0.15, -0.1) is 0 Å². The van der Waals surface area contributed by atoms with Crippen molar-refractivity contribution in [3.05, 3.63) is 235 Å². The molecular formula is C80H80O18. The second-order valence-electron chi connectivity index (χ2n) is 27.6. The molecule has 8 N–H and O–H groups in total. The maximum absolute atomic E-state index is 10.9. The van der Waals surface area contributed by atoms with Gasteiger partial charge in [0.1, 0.15) is 70.8 Å². The second kappa shape index (κ2) is 24.2. The van der Waals surface area contributed by atoms with Crippen LogP contribution in [-0.2, 0) is 28.4 Å². The van der Waals surface area contributed by atoms with Crippen LogP contribution in [0.1, 0.15) is 154 Å². The molecule has 0 radical (unpaired) electrons. The lowest BCUT2D eigenvalue weighted by molar-refractivity contribution is 0.00311. The predicted molar refractivity (Wildman–Crippen MR) is 360 cm³/mol. The molecule has 8 aromatic rings. The number of phenolic OH excluding ortho intramolecular Hbond substituents is 8. The Morgan fingerprint density at radius 2 is 0.592 bits per heavy atom. The zero-order chi connectivity index (χ0) is 68.5. The fourth-order valence-electron chi connectivity index (χ4n) is 17.2. The van der Waals surface area contributed by atoms with Crippen LogP contribution in [0.25, 0.3) is 0 Å². The minimum absolute atomic E-state index is 0.0326. The van der Waals surface area contributed by atoms with Crippen LogP contribution in [0.2, 0.25) is 0 Å². The number of epoxide rings is 2. The van der Waals surface area contributed by atoms with Crippen molar-refractivity contribution >= 4 is 0 Å². The minimum Gasteiger partial charge on any atom is -0.508 e. The summed E-state index contributed by atoms with van der Waals surface area (Å²) < 4.78 is 63.1. The van der Waals surface area contributed by atoms with Crippen LogP contribution in [0, 0.1) is 38.5 Å². The fourth-order valence-corrected chi connectivity index (χ4v) is 17.2. The molecule has 0 unspecified atom stereocenters. The van der Waals surface area contributed by atoms with Gasteiger partial charge in [-0.05, 0) is 252 Å². The van der Waals surface area contributed by atoms with Gasteiger partial charge in [-0.3, -0.25) is 0 Å². The minimum atomic E-state index is -0.667. The number of phenols is 8. The summed E-state index contributed by atoms with van der Waals surface area (Å²) in [5.74, 6) is 2.54. The first-order valence-electron chi connectivity index (χ1n) is 33.2. The Balaban J connectivity index is 0.000000160. The van der Waals surface area contributed by atoms with Crippen LogP contribution in [0.3, 0.4) is 0 Å². The zero-order valence-electron chi connectivity index (χ0n) is 55.8. The van der Waals surface area contributed by atoms with Gasteiger partial charge in [-0.2, -0.15) is 0 Å². The summed E-state index contributed by atoms with van der Waals surface area (Å²) in [6, 6.07) is 43.9. The molecule has 8 aliphatic rings. The highest BCUT2D eigenvalue weighted by Crippen LogP contribution is 2.76. The summed E-state index contributed by atoms with van der Waals surface area (Å²) in [5.41, 5.74) is 12.3. The molecule has 98 heavy (non-hydrogen) atoms. The van der Waals surface area contributed by atoms with Crippen molar-refractivity contribution in [1.29, 1.82) is 0 Å². The van der Waals surface area contributed by atoms with E-state index < -0.39 is 58.7 Å². The summed E-state index contributed by atoms with van der Waals surface area (Å²) >= 11 is 0. The largest absolute Gasteiger partial charge is 0.508 e. The zero-order valence-corrected chi connectivity index (χ0v) is 55.8. The van der Waals surface area contributed by atoms with Crippen molar-refractivity contribution in [1.82, 2.24) is 0 Å². The van der Waals surface area contributed by atoms with Crippen LogP contribution in [0.4, 0.5) is 0 Å². The van der Waals surface area contributed by atoms with E-state index in [0.717, 1.165) is 90.7 Å². The van der Waals surface area contributed by atoms with Gasteiger partial charge >= 0.3 is 0 Å². The Kier molecular flexibility index (Phi) is 16.0. The second-order valence-corrected chi connectivity index (χ2v) is 27.6. The Morgan fingerprint density at radius 1 is 0.306 bits per heavy atom. The standard InChI is InChI=1S/2C40H40O9/c2*1-21-15-23(5-9-29(21)41)35-27-13-14-39(19-28(27)36(48-35)24-6-11-31(43)34(18-24)46-4)37(26-8-12-33(45-3)32(44)17-26)49-38(40(39)20-47-40)25-7-10-30(42)22(2)16-25/h2*5-12,15-18,35-38,41-44H,13-14,19-20H2,1-4H3/t35-,36+,37-,38+,39+,40-;35-,36+,37-,38+,39-,40-/m00/s1. The Bertz CT molecular complexity index is 4280. The molecule has 18 heteroatoms. The number of hydrogen-bond donors (Lipinski definition) is 8. The lowest BCUT2D eigenvalue weighted by Gasteiger charge is -2.42. The van der Waals surface area contributed by atoms with Gasteiger partial charge in [0.05, 0.1) is 53.9 Å². The van der Waals surface area contributed by atoms with Crippen molar-refractivity contribution in [2.45, 2.75) is 126 Å². The third-order valence-electron chi connectivity index (χ3n) is 22.4. The van der Waals surface area contributed by atoms with E-state index in [1.54, 1.807) is 60.7 Å². The topological polar surface area (TPSA) is 261 Å². The average Bonchev–Trinajstić information content (AvgIpc) is 1.51. The van der Waals surface area contributed by atoms with E-state index in [9.17, 15) is 40.9 Å². The summed E-state index contributed by atoms with van der Waals surface area (Å²) in [6.07, 6.45) is 0.745. The van der Waals surface area contributed by atoms with Gasteiger partial charge < -0.3 is 88.2 Å². The molecule has 508 valence electrons. The van der Waals surface area contributed by atoms with Crippen molar-refractivity contribution < 1.29 is 88.2 Å². The molecule has 6 aliphatic heterocycles. The normalized spacial score (nSPS) is 28.7. The predicted octanol–water partition coefficient (Wildman–Crippen LogP) is 15.4. The third-order valence-corrected chi connectivity index (χ3v) is 22.4. The highest BCUT2D eigenvalue weighted by atomic mass is 16.7. The van der Waals surface area contributed by atoms with Gasteiger partial charge in [0.2, 0.25) is 0 Å². The molecule has 4 fully saturated rings. The van der Waals surface area contributed by atoms with Crippen LogP contribution < -0.4 is 18.9 Å². The fraction of sp³-hybridized carbons (Fsp3) is 0.350. The van der Waals surface area contributed by atoms with Crippen LogP contribution >= 0.6 is 0 Å². The quantitative estimate of drug-likeness (QED) is 0.0418. The molecule has 2 aliphatic carbocycles. The number of ether oxygens (including phenoxy) is 10. The number of aromatic hydroxyl groups is 8. The van der Waals surface area contributed by atoms with Crippen LogP contribution in [0.5, 0.6) is 69.0 Å². The molecule has 0 aromatic heterocycles. The monoisotopic (exact) mass is 1330 g/mol. The Labute approximate surface area is 568 Å². The van der Waals surface area contributed by atoms with E-state index in [4.69, 9.17) is 47.4 Å². The van der Waals surface area contributed by atoms with E-state index in [-0.39, 0.29) is 58.2 Å². The van der Waals surface area contributed by atoms with Crippen molar-refractivity contribution in [3.63, 3.8) is 0 Å². The van der Waals surface area contributed by atoms with E-state index in [1.807, 2.05) is 113 Å². The first kappa shape index (κ1) is 64.6. The summed E-state index contributed by atoms with van der Waals surface area (Å²) in [4.78, 5) is 0. The van der Waals surface area contributed by atoms with Gasteiger partial charge in [0, 0.05) is 10.8 Å². The van der Waals surface area contributed by atoms with Crippen LogP contribution in [-0.4, -0.2) is 93.7 Å². The lowest BCUT2D eigenvalue weighted by Crippen LogP contribution is -2.42. The van der Waals surface area contributed by atoms with Gasteiger partial charge in [0.25, 0.3) is 0 Å². The molecule has 0 bridgehead atoms. The molecule has 18 nitrogen and oxygen atoms in total. The van der Waals surface area contributed by atoms with E-state index in [0.29, 0.717) is 61.9 Å². The van der Waals surface area contributed by atoms with Gasteiger partial charge in [-0.1, -0.05) is 48.5 Å². The third kappa shape index (κ3) is 10.3. The molecular weight excluding hydrogens is 1250 g/mol. The molecule has 8 aromatic carbocycles. The Hall–Kier alpha value is -9.40. The Morgan fingerprint density at radius 3 is 0.908 bits per heavy atom. The molecule has 4 spiro atoms. The lowest BCUT2D eigenvalue weighted by atomic mass is 9.59. The average molecular weight is 1330 g/mol. The van der Waals surface area contributed by atoms with E-state index >= 15 is 0 Å². The summed E-state index contributed by atoms with van der Waals surface area (Å²) in [7, 11) is 6.11.